The van der Waals surface area contributed by atoms with Crippen LogP contribution in [0.4, 0.5) is 0 Å². The minimum absolute atomic E-state index is 0.110. The molecule has 0 unspecified atom stereocenters. The van der Waals surface area contributed by atoms with Gasteiger partial charge in [0.05, 0.1) is 0 Å². The lowest BCUT2D eigenvalue weighted by molar-refractivity contribution is 0.107. The van der Waals surface area contributed by atoms with Crippen LogP contribution in [0.15, 0.2) is 115 Å². The average molecular weight is 393 g/mol. The third kappa shape index (κ3) is 3.37. The van der Waals surface area contributed by atoms with Crippen LogP contribution in [0.3, 0.4) is 0 Å². The summed E-state index contributed by atoms with van der Waals surface area (Å²) in [5.74, 6) is 0. The fraction of sp³-hybridized carbons (Fsp3) is 0. The lowest BCUT2D eigenvalue weighted by Gasteiger charge is -2.32. The Labute approximate surface area is 171 Å². The predicted molar refractivity (Wildman–Crippen MR) is 120 cm³/mol. The molecule has 4 aromatic carbocycles. The predicted octanol–water partition coefficient (Wildman–Crippen LogP) is 3.39. The van der Waals surface area contributed by atoms with Gasteiger partial charge in [-0.2, -0.15) is 0 Å². The van der Waals surface area contributed by atoms with Crippen molar-refractivity contribution in [1.29, 1.82) is 0 Å². The third-order valence-electron chi connectivity index (χ3n) is 5.27. The summed E-state index contributed by atoms with van der Waals surface area (Å²) >= 11 is 0. The van der Waals surface area contributed by atoms with Crippen LogP contribution in [0.2, 0.25) is 0 Å². The van der Waals surface area contributed by atoms with E-state index in [1.165, 1.54) is 0 Å². The van der Waals surface area contributed by atoms with Gasteiger partial charge < -0.3 is 0 Å². The van der Waals surface area contributed by atoms with Gasteiger partial charge in [0.15, 0.2) is 5.41 Å². The second kappa shape index (κ2) is 8.21. The monoisotopic (exact) mass is 392 g/mol. The van der Waals surface area contributed by atoms with Gasteiger partial charge in [-0.3, -0.25) is 9.59 Å². The lowest BCUT2D eigenvalue weighted by atomic mass is 10.2. The van der Waals surface area contributed by atoms with Gasteiger partial charge >= 0.3 is 0 Å². The first-order valence-corrected chi connectivity index (χ1v) is 11.5. The smallest absolute Gasteiger partial charge is 0.230 e. The molecule has 4 rings (SSSR count). The molecule has 0 saturated heterocycles. The zero-order valence-electron chi connectivity index (χ0n) is 15.9. The molecule has 4 aromatic rings. The summed E-state index contributed by atoms with van der Waals surface area (Å²) in [7, 11) is -3.02. The molecule has 0 amide bonds. The van der Waals surface area contributed by atoms with Gasteiger partial charge in [0.1, 0.15) is 6.29 Å². The van der Waals surface area contributed by atoms with Gasteiger partial charge in [0.25, 0.3) is 0 Å². The van der Waals surface area contributed by atoms with Crippen LogP contribution in [-0.4, -0.2) is 19.8 Å². The van der Waals surface area contributed by atoms with Gasteiger partial charge in [-0.25, -0.2) is 0 Å². The summed E-state index contributed by atoms with van der Waals surface area (Å²) < 4.78 is 0. The first kappa shape index (κ1) is 18.8. The van der Waals surface area contributed by atoms with Gasteiger partial charge in [0.2, 0.25) is 8.07 Å². The number of carbonyl (C=O) groups is 2. The Morgan fingerprint density at radius 1 is 0.552 bits per heavy atom. The minimum atomic E-state index is -3.02. The molecule has 0 heterocycles. The van der Waals surface area contributed by atoms with Crippen LogP contribution < -0.4 is 15.6 Å². The molecule has 0 aliphatic rings. The van der Waals surface area contributed by atoms with E-state index in [0.717, 1.165) is 21.8 Å². The van der Waals surface area contributed by atoms with Crippen LogP contribution in [-0.2, 0) is 0 Å². The number of hydrogen-bond donors (Lipinski definition) is 0. The molecule has 0 fully saturated rings. The Morgan fingerprint density at radius 3 is 1.28 bits per heavy atom. The fourth-order valence-electron chi connectivity index (χ4n) is 3.89. The summed E-state index contributed by atoms with van der Waals surface area (Å²) in [4.78, 5) is 25.3. The zero-order valence-corrected chi connectivity index (χ0v) is 16.9. The molecule has 0 spiro atoms. The van der Waals surface area contributed by atoms with Crippen LogP contribution >= 0.6 is 0 Å². The largest absolute Gasteiger partial charge is 0.299 e. The van der Waals surface area contributed by atoms with Crippen molar-refractivity contribution in [3.63, 3.8) is 0 Å². The molecular weight excluding hydrogens is 372 g/mol. The van der Waals surface area contributed by atoms with Crippen molar-refractivity contribution in [2.24, 2.45) is 0 Å². The summed E-state index contributed by atoms with van der Waals surface area (Å²) in [6.45, 7) is 0. The SMILES string of the molecule is O=Cc1ccc(C(=O)[Si](c2ccccc2)(c2ccccc2)c2ccccc2)cc1. The Balaban J connectivity index is 2.04. The van der Waals surface area contributed by atoms with Gasteiger partial charge in [0, 0.05) is 11.1 Å². The first-order chi connectivity index (χ1) is 14.3. The summed E-state index contributed by atoms with van der Waals surface area (Å²) in [6, 6.07) is 37.2. The number of hydrogen-bond acceptors (Lipinski definition) is 2. The summed E-state index contributed by atoms with van der Waals surface area (Å²) in [5.41, 5.74) is 1.19. The van der Waals surface area contributed by atoms with E-state index in [9.17, 15) is 9.59 Å². The first-order valence-electron chi connectivity index (χ1n) is 9.53. The molecule has 0 aliphatic carbocycles. The van der Waals surface area contributed by atoms with Crippen molar-refractivity contribution in [2.75, 3.05) is 0 Å². The van der Waals surface area contributed by atoms with E-state index in [1.807, 2.05) is 54.6 Å². The van der Waals surface area contributed by atoms with Crippen LogP contribution in [0.1, 0.15) is 20.7 Å². The van der Waals surface area contributed by atoms with Gasteiger partial charge in [-0.15, -0.1) is 0 Å². The maximum absolute atomic E-state index is 14.2. The highest BCUT2D eigenvalue weighted by molar-refractivity contribution is 7.31. The van der Waals surface area contributed by atoms with Crippen molar-refractivity contribution >= 4 is 35.3 Å². The highest BCUT2D eigenvalue weighted by Gasteiger charge is 2.47. The Kier molecular flexibility index (Phi) is 5.32. The number of rotatable bonds is 6. The molecule has 2 nitrogen and oxygen atoms in total. The summed E-state index contributed by atoms with van der Waals surface area (Å²) in [6.07, 6.45) is 0.796. The van der Waals surface area contributed by atoms with E-state index in [4.69, 9.17) is 0 Å². The molecule has 0 radical (unpaired) electrons. The molecule has 0 saturated carbocycles. The Morgan fingerprint density at radius 2 is 0.931 bits per heavy atom. The van der Waals surface area contributed by atoms with E-state index >= 15 is 0 Å². The maximum Gasteiger partial charge on any atom is 0.230 e. The summed E-state index contributed by atoms with van der Waals surface area (Å²) in [5, 5.41) is 3.24. The van der Waals surface area contributed by atoms with Crippen molar-refractivity contribution in [3.05, 3.63) is 126 Å². The van der Waals surface area contributed by atoms with E-state index in [-0.39, 0.29) is 5.41 Å². The van der Waals surface area contributed by atoms with Crippen molar-refractivity contribution in [2.45, 2.75) is 0 Å². The molecule has 3 heteroatoms. The average Bonchev–Trinajstić information content (AvgIpc) is 2.82. The fourth-order valence-corrected chi connectivity index (χ4v) is 8.35. The van der Waals surface area contributed by atoms with Crippen molar-refractivity contribution in [1.82, 2.24) is 0 Å². The maximum atomic E-state index is 14.2. The van der Waals surface area contributed by atoms with Gasteiger partial charge in [-0.05, 0) is 15.6 Å². The highest BCUT2D eigenvalue weighted by Crippen LogP contribution is 2.16. The number of benzene rings is 4. The normalized spacial score (nSPS) is 11.0. The molecule has 0 aliphatic heterocycles. The van der Waals surface area contributed by atoms with Crippen molar-refractivity contribution in [3.8, 4) is 0 Å². The second-order valence-corrected chi connectivity index (χ2v) is 10.6. The zero-order chi connectivity index (χ0) is 20.1. The van der Waals surface area contributed by atoms with Crippen molar-refractivity contribution < 1.29 is 9.59 Å². The molecule has 140 valence electrons. The molecule has 0 aromatic heterocycles. The minimum Gasteiger partial charge on any atom is -0.299 e. The Bertz CT molecular complexity index is 1010. The van der Waals surface area contributed by atoms with E-state index in [0.29, 0.717) is 11.1 Å². The van der Waals surface area contributed by atoms with Crippen LogP contribution in [0.25, 0.3) is 0 Å². The van der Waals surface area contributed by atoms with E-state index in [2.05, 4.69) is 36.4 Å². The lowest BCUT2D eigenvalue weighted by Crippen LogP contribution is -2.72. The molecule has 0 bridgehead atoms. The highest BCUT2D eigenvalue weighted by atomic mass is 28.3. The quantitative estimate of drug-likeness (QED) is 0.286. The molecule has 0 N–H and O–H groups in total. The topological polar surface area (TPSA) is 34.1 Å². The van der Waals surface area contributed by atoms with E-state index in [1.54, 1.807) is 24.3 Å². The standard InChI is InChI=1S/C26H20O2Si/c27-20-21-16-18-22(19-17-21)26(28)29(23-10-4-1-5-11-23,24-12-6-2-7-13-24)25-14-8-3-9-15-25/h1-20H. The Hall–Kier alpha value is -3.56. The van der Waals surface area contributed by atoms with Crippen LogP contribution in [0.5, 0.6) is 0 Å². The van der Waals surface area contributed by atoms with Crippen LogP contribution in [0, 0.1) is 0 Å². The van der Waals surface area contributed by atoms with E-state index < -0.39 is 8.07 Å². The molecular formula is C26H20O2Si. The van der Waals surface area contributed by atoms with Gasteiger partial charge in [-0.1, -0.05) is 115 Å². The number of aldehydes is 1. The molecule has 29 heavy (non-hydrogen) atoms. The number of carbonyl (C=O) groups excluding carboxylic acids is 2. The third-order valence-corrected chi connectivity index (χ3v) is 9.84. The molecule has 0 atom stereocenters. The second-order valence-electron chi connectivity index (χ2n) is 6.92.